The van der Waals surface area contributed by atoms with Gasteiger partial charge in [-0.25, -0.2) is 8.78 Å². The molecule has 0 fully saturated rings. The van der Waals surface area contributed by atoms with E-state index in [0.717, 1.165) is 17.3 Å². The lowest BCUT2D eigenvalue weighted by Gasteiger charge is -2.12. The molecule has 148 valence electrons. The summed E-state index contributed by atoms with van der Waals surface area (Å²) in [6.07, 6.45) is 3.90. The highest BCUT2D eigenvalue weighted by Crippen LogP contribution is 2.18. The van der Waals surface area contributed by atoms with Gasteiger partial charge in [0.25, 0.3) is 5.56 Å². The zero-order valence-electron chi connectivity index (χ0n) is 15.9. The van der Waals surface area contributed by atoms with E-state index in [2.05, 4.69) is 4.98 Å². The first-order valence-electron chi connectivity index (χ1n) is 9.35. The van der Waals surface area contributed by atoms with E-state index in [4.69, 9.17) is 0 Å². The van der Waals surface area contributed by atoms with Crippen LogP contribution in [0.5, 0.6) is 0 Å². The molecule has 0 N–H and O–H groups in total. The SMILES string of the molecule is Cc1ccc(CCC(=O)CCn2c(=O)c3cc(F)cn3c3ccc(F)cc32)nc1. The Morgan fingerprint density at radius 3 is 2.55 bits per heavy atom. The van der Waals surface area contributed by atoms with Crippen molar-refractivity contribution in [3.63, 3.8) is 0 Å². The summed E-state index contributed by atoms with van der Waals surface area (Å²) in [5.74, 6) is -1.08. The predicted molar refractivity (Wildman–Crippen MR) is 106 cm³/mol. The molecule has 0 aliphatic rings. The maximum Gasteiger partial charge on any atom is 0.275 e. The van der Waals surface area contributed by atoms with Gasteiger partial charge < -0.3 is 8.97 Å². The van der Waals surface area contributed by atoms with Crippen molar-refractivity contribution < 1.29 is 13.6 Å². The third-order valence-electron chi connectivity index (χ3n) is 4.99. The Morgan fingerprint density at radius 1 is 1.00 bits per heavy atom. The predicted octanol–water partition coefficient (Wildman–Crippen LogP) is 3.83. The Bertz CT molecular complexity index is 1270. The number of ketones is 1. The van der Waals surface area contributed by atoms with Gasteiger partial charge in [-0.1, -0.05) is 6.07 Å². The molecule has 7 heteroatoms. The number of benzene rings is 1. The number of halogens is 2. The number of carbonyl (C=O) groups is 1. The maximum atomic E-state index is 13.8. The van der Waals surface area contributed by atoms with Gasteiger partial charge in [0.2, 0.25) is 0 Å². The minimum atomic E-state index is -0.549. The number of nitrogens with zero attached hydrogens (tertiary/aromatic N) is 3. The van der Waals surface area contributed by atoms with Crippen LogP contribution in [-0.2, 0) is 17.8 Å². The van der Waals surface area contributed by atoms with Gasteiger partial charge in [0.05, 0.1) is 11.0 Å². The van der Waals surface area contributed by atoms with Crippen LogP contribution in [0.25, 0.3) is 16.6 Å². The first-order chi connectivity index (χ1) is 13.9. The highest BCUT2D eigenvalue weighted by molar-refractivity contribution is 5.81. The normalized spacial score (nSPS) is 11.4. The van der Waals surface area contributed by atoms with Crippen molar-refractivity contribution in [2.45, 2.75) is 32.7 Å². The van der Waals surface area contributed by atoms with Crippen LogP contribution in [0.15, 0.2) is 53.6 Å². The zero-order chi connectivity index (χ0) is 20.5. The second-order valence-electron chi connectivity index (χ2n) is 7.12. The van der Waals surface area contributed by atoms with Crippen molar-refractivity contribution in [2.75, 3.05) is 0 Å². The Hall–Kier alpha value is -3.35. The van der Waals surface area contributed by atoms with Crippen molar-refractivity contribution in [3.8, 4) is 0 Å². The van der Waals surface area contributed by atoms with E-state index in [1.165, 1.54) is 33.4 Å². The van der Waals surface area contributed by atoms with Crippen molar-refractivity contribution in [3.05, 3.63) is 82.0 Å². The minimum Gasteiger partial charge on any atom is -0.307 e. The number of carbonyl (C=O) groups excluding carboxylic acids is 1. The Balaban J connectivity index is 1.58. The van der Waals surface area contributed by atoms with Crippen molar-refractivity contribution in [1.82, 2.24) is 14.0 Å². The molecule has 3 heterocycles. The van der Waals surface area contributed by atoms with Crippen LogP contribution in [-0.4, -0.2) is 19.7 Å². The number of pyridine rings is 1. The number of fused-ring (bicyclic) bond motifs is 3. The fourth-order valence-corrected chi connectivity index (χ4v) is 3.46. The molecule has 0 saturated heterocycles. The molecule has 0 spiro atoms. The maximum absolute atomic E-state index is 13.8. The fraction of sp³-hybridized carbons (Fsp3) is 0.227. The molecular weight excluding hydrogens is 376 g/mol. The van der Waals surface area contributed by atoms with Crippen LogP contribution in [0.1, 0.15) is 24.1 Å². The van der Waals surface area contributed by atoms with Gasteiger partial charge in [0, 0.05) is 43.5 Å². The molecule has 1 aromatic carbocycles. The lowest BCUT2D eigenvalue weighted by molar-refractivity contribution is -0.119. The van der Waals surface area contributed by atoms with Crippen LogP contribution >= 0.6 is 0 Å². The van der Waals surface area contributed by atoms with Crippen LogP contribution in [0.3, 0.4) is 0 Å². The summed E-state index contributed by atoms with van der Waals surface area (Å²) in [6, 6.07) is 8.96. The van der Waals surface area contributed by atoms with Crippen molar-refractivity contribution in [2.24, 2.45) is 0 Å². The Morgan fingerprint density at radius 2 is 1.79 bits per heavy atom. The van der Waals surface area contributed by atoms with Gasteiger partial charge in [-0.3, -0.25) is 14.6 Å². The number of aryl methyl sites for hydroxylation is 3. The van der Waals surface area contributed by atoms with Gasteiger partial charge in [-0.2, -0.15) is 0 Å². The molecule has 0 amide bonds. The van der Waals surface area contributed by atoms with Crippen LogP contribution in [0.4, 0.5) is 8.78 Å². The Kier molecular flexibility index (Phi) is 4.96. The number of rotatable bonds is 6. The standard InChI is InChI=1S/C22H19F2N3O2/c1-14-2-4-17(25-12-14)5-6-18(28)8-9-26-20-10-15(23)3-7-19(20)27-13-16(24)11-21(27)22(26)29/h2-4,7,10-13H,5-6,8-9H2,1H3. The molecule has 0 bridgehead atoms. The van der Waals surface area contributed by atoms with E-state index in [1.54, 1.807) is 6.20 Å². The summed E-state index contributed by atoms with van der Waals surface area (Å²) in [5, 5.41) is 0. The molecule has 3 aromatic heterocycles. The van der Waals surface area contributed by atoms with Crippen molar-refractivity contribution >= 4 is 22.3 Å². The number of Topliss-reactive ketones (excluding diaryl/α,β-unsaturated/α-hetero) is 1. The first-order valence-corrected chi connectivity index (χ1v) is 9.35. The van der Waals surface area contributed by atoms with Gasteiger partial charge >= 0.3 is 0 Å². The zero-order valence-corrected chi connectivity index (χ0v) is 15.9. The lowest BCUT2D eigenvalue weighted by atomic mass is 10.1. The molecule has 0 saturated carbocycles. The second-order valence-corrected chi connectivity index (χ2v) is 7.12. The molecule has 0 unspecified atom stereocenters. The highest BCUT2D eigenvalue weighted by atomic mass is 19.1. The topological polar surface area (TPSA) is 56.4 Å². The number of aromatic nitrogens is 3. The summed E-state index contributed by atoms with van der Waals surface area (Å²) in [6.45, 7) is 2.04. The summed E-state index contributed by atoms with van der Waals surface area (Å²) >= 11 is 0. The molecule has 0 aliphatic heterocycles. The minimum absolute atomic E-state index is 0.0229. The number of hydrogen-bond donors (Lipinski definition) is 0. The average Bonchev–Trinajstić information content (AvgIpc) is 3.09. The van der Waals surface area contributed by atoms with Crippen LogP contribution < -0.4 is 5.56 Å². The highest BCUT2D eigenvalue weighted by Gasteiger charge is 2.14. The molecule has 5 nitrogen and oxygen atoms in total. The molecule has 29 heavy (non-hydrogen) atoms. The van der Waals surface area contributed by atoms with Crippen LogP contribution in [0, 0.1) is 18.6 Å². The Labute approximate surface area is 165 Å². The lowest BCUT2D eigenvalue weighted by Crippen LogP contribution is -2.24. The van der Waals surface area contributed by atoms with E-state index < -0.39 is 17.2 Å². The number of hydrogen-bond acceptors (Lipinski definition) is 3. The van der Waals surface area contributed by atoms with Gasteiger partial charge in [0.15, 0.2) is 0 Å². The average molecular weight is 395 g/mol. The van der Waals surface area contributed by atoms with E-state index in [0.29, 0.717) is 23.9 Å². The monoisotopic (exact) mass is 395 g/mol. The van der Waals surface area contributed by atoms with Crippen LogP contribution in [0.2, 0.25) is 0 Å². The molecule has 4 rings (SSSR count). The third-order valence-corrected chi connectivity index (χ3v) is 4.99. The summed E-state index contributed by atoms with van der Waals surface area (Å²) < 4.78 is 30.3. The quantitative estimate of drug-likeness (QED) is 0.499. The molecule has 0 atom stereocenters. The van der Waals surface area contributed by atoms with Gasteiger partial charge in [-0.05, 0) is 43.2 Å². The molecule has 0 radical (unpaired) electrons. The molecule has 0 aliphatic carbocycles. The molecular formula is C22H19F2N3O2. The summed E-state index contributed by atoms with van der Waals surface area (Å²) in [4.78, 5) is 29.5. The second kappa shape index (κ2) is 7.58. The first kappa shape index (κ1) is 19.0. The largest absolute Gasteiger partial charge is 0.307 e. The van der Waals surface area contributed by atoms with Gasteiger partial charge in [0.1, 0.15) is 22.9 Å². The van der Waals surface area contributed by atoms with E-state index >= 15 is 0 Å². The smallest absolute Gasteiger partial charge is 0.275 e. The summed E-state index contributed by atoms with van der Waals surface area (Å²) in [5.41, 5.74) is 2.40. The van der Waals surface area contributed by atoms with Crippen molar-refractivity contribution in [1.29, 1.82) is 0 Å². The van der Waals surface area contributed by atoms with E-state index in [9.17, 15) is 18.4 Å². The third kappa shape index (κ3) is 3.81. The summed E-state index contributed by atoms with van der Waals surface area (Å²) in [7, 11) is 0. The molecule has 4 aromatic rings. The van der Waals surface area contributed by atoms with Gasteiger partial charge in [-0.15, -0.1) is 0 Å². The van der Waals surface area contributed by atoms with E-state index in [1.807, 2.05) is 19.1 Å². The fourth-order valence-electron chi connectivity index (χ4n) is 3.46. The van der Waals surface area contributed by atoms with E-state index in [-0.39, 0.29) is 24.3 Å².